The highest BCUT2D eigenvalue weighted by molar-refractivity contribution is 9.08. The summed E-state index contributed by atoms with van der Waals surface area (Å²) in [5.41, 5.74) is 3.49. The van der Waals surface area contributed by atoms with Gasteiger partial charge in [0.1, 0.15) is 0 Å². The predicted octanol–water partition coefficient (Wildman–Crippen LogP) is 4.06. The molecular formula is C14H17BrN2. The lowest BCUT2D eigenvalue weighted by atomic mass is 9.92. The molecule has 0 amide bonds. The summed E-state index contributed by atoms with van der Waals surface area (Å²) in [4.78, 5) is 0. The standard InChI is InChI=1S/C14H17BrN2/c1-14(2,3)13-9-12(10-15)17(16-13)11-7-5-4-6-8-11/h4-9H,10H2,1-3H3. The molecule has 0 fully saturated rings. The van der Waals surface area contributed by atoms with Gasteiger partial charge in [-0.25, -0.2) is 4.68 Å². The third-order valence-electron chi connectivity index (χ3n) is 2.69. The molecule has 1 heterocycles. The van der Waals surface area contributed by atoms with Gasteiger partial charge in [-0.15, -0.1) is 0 Å². The molecule has 0 spiro atoms. The molecule has 17 heavy (non-hydrogen) atoms. The quantitative estimate of drug-likeness (QED) is 0.763. The molecule has 3 heteroatoms. The lowest BCUT2D eigenvalue weighted by Crippen LogP contribution is -2.12. The monoisotopic (exact) mass is 292 g/mol. The van der Waals surface area contributed by atoms with Crippen molar-refractivity contribution in [1.29, 1.82) is 0 Å². The molecule has 0 aliphatic rings. The number of aromatic nitrogens is 2. The fourth-order valence-corrected chi connectivity index (χ4v) is 2.07. The minimum atomic E-state index is 0.0803. The van der Waals surface area contributed by atoms with Crippen molar-refractivity contribution in [2.75, 3.05) is 0 Å². The molecule has 1 aromatic heterocycles. The van der Waals surface area contributed by atoms with Crippen LogP contribution in [0.1, 0.15) is 32.2 Å². The van der Waals surface area contributed by atoms with Crippen molar-refractivity contribution in [3.63, 3.8) is 0 Å². The summed E-state index contributed by atoms with van der Waals surface area (Å²) < 4.78 is 2.01. The molecule has 2 aromatic rings. The molecule has 0 N–H and O–H groups in total. The van der Waals surface area contributed by atoms with E-state index in [-0.39, 0.29) is 5.41 Å². The van der Waals surface area contributed by atoms with Gasteiger partial charge in [0.25, 0.3) is 0 Å². The summed E-state index contributed by atoms with van der Waals surface area (Å²) in [7, 11) is 0. The van der Waals surface area contributed by atoms with Crippen LogP contribution in [0, 0.1) is 0 Å². The minimum Gasteiger partial charge on any atom is -0.237 e. The van der Waals surface area contributed by atoms with Crippen LogP contribution in [0.25, 0.3) is 5.69 Å². The van der Waals surface area contributed by atoms with Crippen molar-refractivity contribution in [1.82, 2.24) is 9.78 Å². The highest BCUT2D eigenvalue weighted by atomic mass is 79.9. The summed E-state index contributed by atoms with van der Waals surface area (Å²) in [6.45, 7) is 6.55. The Morgan fingerprint density at radius 1 is 1.18 bits per heavy atom. The number of para-hydroxylation sites is 1. The van der Waals surface area contributed by atoms with Gasteiger partial charge in [-0.1, -0.05) is 54.9 Å². The Hall–Kier alpha value is -1.09. The van der Waals surface area contributed by atoms with E-state index in [2.05, 4.69) is 54.9 Å². The van der Waals surface area contributed by atoms with Crippen LogP contribution < -0.4 is 0 Å². The maximum Gasteiger partial charge on any atom is 0.0685 e. The second kappa shape index (κ2) is 4.65. The van der Waals surface area contributed by atoms with E-state index < -0.39 is 0 Å². The smallest absolute Gasteiger partial charge is 0.0685 e. The highest BCUT2D eigenvalue weighted by Crippen LogP contribution is 2.24. The number of nitrogens with zero attached hydrogens (tertiary/aromatic N) is 2. The van der Waals surface area contributed by atoms with Crippen LogP contribution >= 0.6 is 15.9 Å². The molecule has 90 valence electrons. The topological polar surface area (TPSA) is 17.8 Å². The predicted molar refractivity (Wildman–Crippen MR) is 74.9 cm³/mol. The number of hydrogen-bond acceptors (Lipinski definition) is 1. The van der Waals surface area contributed by atoms with E-state index in [1.165, 1.54) is 5.69 Å². The van der Waals surface area contributed by atoms with Crippen LogP contribution in [0.3, 0.4) is 0 Å². The van der Waals surface area contributed by atoms with Gasteiger partial charge >= 0.3 is 0 Å². The van der Waals surface area contributed by atoms with Crippen molar-refractivity contribution < 1.29 is 0 Å². The van der Waals surface area contributed by atoms with Gasteiger partial charge in [0.05, 0.1) is 17.1 Å². The minimum absolute atomic E-state index is 0.0803. The number of alkyl halides is 1. The average Bonchev–Trinajstić information content (AvgIpc) is 2.73. The summed E-state index contributed by atoms with van der Waals surface area (Å²) in [6.07, 6.45) is 0. The zero-order chi connectivity index (χ0) is 12.5. The highest BCUT2D eigenvalue weighted by Gasteiger charge is 2.19. The van der Waals surface area contributed by atoms with Gasteiger partial charge in [0, 0.05) is 10.7 Å². The van der Waals surface area contributed by atoms with Crippen LogP contribution in [-0.4, -0.2) is 9.78 Å². The van der Waals surface area contributed by atoms with Crippen molar-refractivity contribution >= 4 is 15.9 Å². The van der Waals surface area contributed by atoms with E-state index in [9.17, 15) is 0 Å². The molecule has 1 aromatic carbocycles. The zero-order valence-corrected chi connectivity index (χ0v) is 12.0. The lowest BCUT2D eigenvalue weighted by molar-refractivity contribution is 0.560. The summed E-state index contributed by atoms with van der Waals surface area (Å²) in [6, 6.07) is 12.4. The molecule has 0 bridgehead atoms. The van der Waals surface area contributed by atoms with E-state index in [1.807, 2.05) is 22.9 Å². The Morgan fingerprint density at radius 3 is 2.35 bits per heavy atom. The number of benzene rings is 1. The molecule has 0 atom stereocenters. The Balaban J connectivity index is 2.51. The summed E-state index contributed by atoms with van der Waals surface area (Å²) >= 11 is 3.52. The first-order chi connectivity index (χ1) is 8.02. The molecule has 0 saturated heterocycles. The fraction of sp³-hybridized carbons (Fsp3) is 0.357. The molecule has 0 radical (unpaired) electrons. The molecule has 0 saturated carbocycles. The first kappa shape index (κ1) is 12.4. The largest absolute Gasteiger partial charge is 0.237 e. The van der Waals surface area contributed by atoms with Crippen molar-refractivity contribution in [2.24, 2.45) is 0 Å². The van der Waals surface area contributed by atoms with Crippen molar-refractivity contribution in [3.05, 3.63) is 47.8 Å². The Kier molecular flexibility index (Phi) is 3.38. The number of rotatable bonds is 2. The normalized spacial score (nSPS) is 11.8. The van der Waals surface area contributed by atoms with Crippen LogP contribution in [-0.2, 0) is 10.7 Å². The SMILES string of the molecule is CC(C)(C)c1cc(CBr)n(-c2ccccc2)n1. The van der Waals surface area contributed by atoms with Gasteiger partial charge in [0.15, 0.2) is 0 Å². The molecule has 0 aliphatic carbocycles. The lowest BCUT2D eigenvalue weighted by Gasteiger charge is -2.14. The van der Waals surface area contributed by atoms with Gasteiger partial charge in [0.2, 0.25) is 0 Å². The Morgan fingerprint density at radius 2 is 1.82 bits per heavy atom. The molecule has 0 aliphatic heterocycles. The summed E-state index contributed by atoms with van der Waals surface area (Å²) in [5.74, 6) is 0. The van der Waals surface area contributed by atoms with Crippen LogP contribution in [0.2, 0.25) is 0 Å². The first-order valence-corrected chi connectivity index (χ1v) is 6.85. The number of halogens is 1. The molecule has 2 rings (SSSR count). The van der Waals surface area contributed by atoms with Crippen molar-refractivity contribution in [2.45, 2.75) is 31.5 Å². The first-order valence-electron chi connectivity index (χ1n) is 5.73. The van der Waals surface area contributed by atoms with Gasteiger partial charge < -0.3 is 0 Å². The van der Waals surface area contributed by atoms with Crippen LogP contribution in [0.15, 0.2) is 36.4 Å². The maximum absolute atomic E-state index is 4.71. The second-order valence-corrected chi connectivity index (χ2v) is 5.71. The van der Waals surface area contributed by atoms with Crippen LogP contribution in [0.5, 0.6) is 0 Å². The Labute approximate surface area is 111 Å². The van der Waals surface area contributed by atoms with E-state index >= 15 is 0 Å². The van der Waals surface area contributed by atoms with E-state index in [0.717, 1.165) is 16.7 Å². The third-order valence-corrected chi connectivity index (χ3v) is 3.26. The molecule has 2 nitrogen and oxygen atoms in total. The number of hydrogen-bond donors (Lipinski definition) is 0. The van der Waals surface area contributed by atoms with Crippen molar-refractivity contribution in [3.8, 4) is 5.69 Å². The molecular weight excluding hydrogens is 276 g/mol. The molecule has 0 unspecified atom stereocenters. The van der Waals surface area contributed by atoms with E-state index in [0.29, 0.717) is 0 Å². The van der Waals surface area contributed by atoms with Gasteiger partial charge in [-0.3, -0.25) is 0 Å². The Bertz CT molecular complexity index is 495. The fourth-order valence-electron chi connectivity index (χ4n) is 1.67. The maximum atomic E-state index is 4.71. The zero-order valence-electron chi connectivity index (χ0n) is 10.4. The van der Waals surface area contributed by atoms with E-state index in [1.54, 1.807) is 0 Å². The second-order valence-electron chi connectivity index (χ2n) is 5.15. The van der Waals surface area contributed by atoms with E-state index in [4.69, 9.17) is 5.10 Å². The van der Waals surface area contributed by atoms with Gasteiger partial charge in [-0.05, 0) is 18.2 Å². The third kappa shape index (κ3) is 2.60. The van der Waals surface area contributed by atoms with Crippen LogP contribution in [0.4, 0.5) is 0 Å². The summed E-state index contributed by atoms with van der Waals surface area (Å²) in [5, 5.41) is 5.52. The average molecular weight is 293 g/mol. The van der Waals surface area contributed by atoms with Gasteiger partial charge in [-0.2, -0.15) is 5.10 Å².